The molecule has 5 nitrogen and oxygen atoms in total. The summed E-state index contributed by atoms with van der Waals surface area (Å²) < 4.78 is 0. The standard InChI is InChI=1S/C14H19N5/c1-11(2)19-14-8-13(17-10-18-14)16-7-5-12-4-3-6-15-9-12/h3-4,6,8-11H,5,7H2,1-2H3,(H2,16,17,18,19). The maximum absolute atomic E-state index is 4.20. The first-order chi connectivity index (χ1) is 9.24. The molecule has 0 fully saturated rings. The van der Waals surface area contributed by atoms with Crippen LogP contribution in [-0.2, 0) is 6.42 Å². The quantitative estimate of drug-likeness (QED) is 0.831. The van der Waals surface area contributed by atoms with Gasteiger partial charge in [-0.1, -0.05) is 6.07 Å². The van der Waals surface area contributed by atoms with E-state index >= 15 is 0 Å². The molecule has 19 heavy (non-hydrogen) atoms. The van der Waals surface area contributed by atoms with Crippen molar-refractivity contribution in [3.05, 3.63) is 42.5 Å². The molecule has 0 aliphatic heterocycles. The maximum atomic E-state index is 4.20. The van der Waals surface area contributed by atoms with E-state index in [0.29, 0.717) is 6.04 Å². The third kappa shape index (κ3) is 4.54. The molecule has 0 aromatic carbocycles. The van der Waals surface area contributed by atoms with Crippen LogP contribution in [-0.4, -0.2) is 27.5 Å². The Labute approximate surface area is 113 Å². The van der Waals surface area contributed by atoms with Crippen LogP contribution in [0.5, 0.6) is 0 Å². The maximum Gasteiger partial charge on any atom is 0.131 e. The van der Waals surface area contributed by atoms with E-state index in [-0.39, 0.29) is 0 Å². The van der Waals surface area contributed by atoms with Crippen molar-refractivity contribution in [1.29, 1.82) is 0 Å². The SMILES string of the molecule is CC(C)Nc1cc(NCCc2cccnc2)ncn1. The highest BCUT2D eigenvalue weighted by Crippen LogP contribution is 2.09. The highest BCUT2D eigenvalue weighted by molar-refractivity contribution is 5.46. The van der Waals surface area contributed by atoms with E-state index in [4.69, 9.17) is 0 Å². The number of hydrogen-bond donors (Lipinski definition) is 2. The summed E-state index contributed by atoms with van der Waals surface area (Å²) in [6.07, 6.45) is 6.15. The second-order valence-corrected chi connectivity index (χ2v) is 4.63. The third-order valence-electron chi connectivity index (χ3n) is 2.55. The molecule has 0 spiro atoms. The van der Waals surface area contributed by atoms with E-state index < -0.39 is 0 Å². The lowest BCUT2D eigenvalue weighted by molar-refractivity contribution is 0.885. The van der Waals surface area contributed by atoms with Crippen LogP contribution < -0.4 is 10.6 Å². The Kier molecular flexibility index (Phi) is 4.66. The van der Waals surface area contributed by atoms with Crippen LogP contribution in [0.1, 0.15) is 19.4 Å². The summed E-state index contributed by atoms with van der Waals surface area (Å²) in [5, 5.41) is 6.54. The molecular formula is C14H19N5. The molecule has 2 aromatic heterocycles. The van der Waals surface area contributed by atoms with Crippen molar-refractivity contribution in [3.63, 3.8) is 0 Å². The molecule has 2 aromatic rings. The second kappa shape index (κ2) is 6.68. The summed E-state index contributed by atoms with van der Waals surface area (Å²) in [6.45, 7) is 4.99. The second-order valence-electron chi connectivity index (χ2n) is 4.63. The summed E-state index contributed by atoms with van der Waals surface area (Å²) >= 11 is 0. The molecule has 0 atom stereocenters. The van der Waals surface area contributed by atoms with Gasteiger partial charge in [-0.25, -0.2) is 9.97 Å². The van der Waals surface area contributed by atoms with Crippen molar-refractivity contribution in [1.82, 2.24) is 15.0 Å². The molecule has 5 heteroatoms. The van der Waals surface area contributed by atoms with Crippen molar-refractivity contribution < 1.29 is 0 Å². The zero-order valence-corrected chi connectivity index (χ0v) is 11.3. The highest BCUT2D eigenvalue weighted by Gasteiger charge is 2.00. The Morgan fingerprint density at radius 3 is 2.79 bits per heavy atom. The zero-order chi connectivity index (χ0) is 13.5. The Morgan fingerprint density at radius 2 is 2.05 bits per heavy atom. The van der Waals surface area contributed by atoms with Crippen LogP contribution in [0.2, 0.25) is 0 Å². The van der Waals surface area contributed by atoms with Crippen molar-refractivity contribution in [2.75, 3.05) is 17.2 Å². The van der Waals surface area contributed by atoms with Gasteiger partial charge in [0, 0.05) is 31.0 Å². The smallest absolute Gasteiger partial charge is 0.131 e. The lowest BCUT2D eigenvalue weighted by atomic mass is 10.2. The van der Waals surface area contributed by atoms with Gasteiger partial charge in [-0.15, -0.1) is 0 Å². The van der Waals surface area contributed by atoms with Crippen molar-refractivity contribution in [2.45, 2.75) is 26.3 Å². The first-order valence-corrected chi connectivity index (χ1v) is 6.45. The third-order valence-corrected chi connectivity index (χ3v) is 2.55. The van der Waals surface area contributed by atoms with Gasteiger partial charge < -0.3 is 10.6 Å². The predicted molar refractivity (Wildman–Crippen MR) is 77.2 cm³/mol. The summed E-state index contributed by atoms with van der Waals surface area (Å²) in [4.78, 5) is 12.5. The minimum Gasteiger partial charge on any atom is -0.370 e. The van der Waals surface area contributed by atoms with Crippen molar-refractivity contribution >= 4 is 11.6 Å². The first-order valence-electron chi connectivity index (χ1n) is 6.45. The molecule has 2 rings (SSSR count). The minimum absolute atomic E-state index is 0.359. The molecule has 0 saturated heterocycles. The largest absolute Gasteiger partial charge is 0.370 e. The zero-order valence-electron chi connectivity index (χ0n) is 11.3. The number of hydrogen-bond acceptors (Lipinski definition) is 5. The van der Waals surface area contributed by atoms with E-state index in [2.05, 4.69) is 45.5 Å². The van der Waals surface area contributed by atoms with E-state index in [1.807, 2.05) is 18.3 Å². The fourth-order valence-corrected chi connectivity index (χ4v) is 1.71. The predicted octanol–water partition coefficient (Wildman–Crippen LogP) is 2.35. The van der Waals surface area contributed by atoms with E-state index in [0.717, 1.165) is 24.6 Å². The van der Waals surface area contributed by atoms with Gasteiger partial charge in [0.05, 0.1) is 0 Å². The molecular weight excluding hydrogens is 238 g/mol. The van der Waals surface area contributed by atoms with E-state index in [9.17, 15) is 0 Å². The Bertz CT molecular complexity index is 498. The van der Waals surface area contributed by atoms with Gasteiger partial charge in [-0.05, 0) is 31.9 Å². The molecule has 0 aliphatic rings. The molecule has 100 valence electrons. The normalized spacial score (nSPS) is 10.5. The van der Waals surface area contributed by atoms with Gasteiger partial charge in [0.25, 0.3) is 0 Å². The Balaban J connectivity index is 1.86. The average molecular weight is 257 g/mol. The van der Waals surface area contributed by atoms with E-state index in [1.54, 1.807) is 12.5 Å². The summed E-state index contributed by atoms with van der Waals surface area (Å²) in [6, 6.07) is 6.30. The van der Waals surface area contributed by atoms with Crippen LogP contribution in [0.4, 0.5) is 11.6 Å². The molecule has 0 saturated carbocycles. The van der Waals surface area contributed by atoms with Gasteiger partial charge >= 0.3 is 0 Å². The fraction of sp³-hybridized carbons (Fsp3) is 0.357. The van der Waals surface area contributed by atoms with Gasteiger partial charge in [0.15, 0.2) is 0 Å². The number of rotatable bonds is 6. The van der Waals surface area contributed by atoms with E-state index in [1.165, 1.54) is 5.56 Å². The van der Waals surface area contributed by atoms with Gasteiger partial charge in [-0.3, -0.25) is 4.98 Å². The molecule has 2 heterocycles. The molecule has 0 aliphatic carbocycles. The Hall–Kier alpha value is -2.17. The van der Waals surface area contributed by atoms with Gasteiger partial charge in [0.1, 0.15) is 18.0 Å². The number of aromatic nitrogens is 3. The molecule has 0 bridgehead atoms. The van der Waals surface area contributed by atoms with Crippen molar-refractivity contribution in [3.8, 4) is 0 Å². The summed E-state index contributed by atoms with van der Waals surface area (Å²) in [5.74, 6) is 1.68. The lowest BCUT2D eigenvalue weighted by Crippen LogP contribution is -2.12. The van der Waals surface area contributed by atoms with Gasteiger partial charge in [-0.2, -0.15) is 0 Å². The molecule has 0 unspecified atom stereocenters. The Morgan fingerprint density at radius 1 is 1.21 bits per heavy atom. The van der Waals surface area contributed by atoms with Crippen LogP contribution >= 0.6 is 0 Å². The summed E-state index contributed by atoms with van der Waals surface area (Å²) in [5.41, 5.74) is 1.21. The average Bonchev–Trinajstić information content (AvgIpc) is 2.40. The first kappa shape index (κ1) is 13.3. The fourth-order valence-electron chi connectivity index (χ4n) is 1.71. The number of nitrogens with one attached hydrogen (secondary N) is 2. The van der Waals surface area contributed by atoms with Crippen molar-refractivity contribution in [2.24, 2.45) is 0 Å². The highest BCUT2D eigenvalue weighted by atomic mass is 15.1. The van der Waals surface area contributed by atoms with Gasteiger partial charge in [0.2, 0.25) is 0 Å². The number of nitrogens with zero attached hydrogens (tertiary/aromatic N) is 3. The van der Waals surface area contributed by atoms with Crippen LogP contribution in [0.15, 0.2) is 36.9 Å². The molecule has 2 N–H and O–H groups in total. The number of pyridine rings is 1. The summed E-state index contributed by atoms with van der Waals surface area (Å²) in [7, 11) is 0. The monoisotopic (exact) mass is 257 g/mol. The molecule has 0 amide bonds. The van der Waals surface area contributed by atoms with Crippen LogP contribution in [0.3, 0.4) is 0 Å². The number of anilines is 2. The van der Waals surface area contributed by atoms with Crippen LogP contribution in [0.25, 0.3) is 0 Å². The topological polar surface area (TPSA) is 62.7 Å². The lowest BCUT2D eigenvalue weighted by Gasteiger charge is -2.10. The minimum atomic E-state index is 0.359. The van der Waals surface area contributed by atoms with Crippen LogP contribution in [0, 0.1) is 0 Å². The molecule has 0 radical (unpaired) electrons.